The van der Waals surface area contributed by atoms with Crippen LogP contribution in [0.15, 0.2) is 0 Å². The van der Waals surface area contributed by atoms with Gasteiger partial charge in [-0.2, -0.15) is 23.5 Å². The average Bonchev–Trinajstić information content (AvgIpc) is 2.45. The van der Waals surface area contributed by atoms with Crippen LogP contribution in [0.1, 0.15) is 40.5 Å². The van der Waals surface area contributed by atoms with Gasteiger partial charge in [0.15, 0.2) is 0 Å². The second-order valence-corrected chi connectivity index (χ2v) is 5.53. The molecule has 0 atom stereocenters. The van der Waals surface area contributed by atoms with E-state index >= 15 is 0 Å². The van der Waals surface area contributed by atoms with E-state index in [-0.39, 0.29) is 14.0 Å². The highest BCUT2D eigenvalue weighted by Gasteiger charge is 2.02. The van der Waals surface area contributed by atoms with Crippen LogP contribution in [0, 0.1) is 0 Å². The summed E-state index contributed by atoms with van der Waals surface area (Å²) in [4.78, 5) is 2.39. The molecule has 0 aromatic heterocycles. The lowest BCUT2D eigenvalue weighted by atomic mass is 10.1. The molecule has 1 N–H and O–H groups in total. The average molecular weight is 346 g/mol. The third-order valence-corrected chi connectivity index (χ3v) is 1.88. The second kappa shape index (κ2) is 42.8. The number of aliphatic hydroxyl groups is 1. The molecule has 0 aromatic carbocycles. The van der Waals surface area contributed by atoms with E-state index in [4.69, 9.17) is 5.11 Å². The molecule has 1 aliphatic heterocycles. The lowest BCUT2D eigenvalue weighted by Crippen LogP contribution is -2.24. The van der Waals surface area contributed by atoms with E-state index in [2.05, 4.69) is 16.7 Å². The van der Waals surface area contributed by atoms with Crippen molar-refractivity contribution in [3.05, 3.63) is 0 Å². The van der Waals surface area contributed by atoms with Crippen LogP contribution in [-0.4, -0.2) is 75.5 Å². The van der Waals surface area contributed by atoms with Crippen molar-refractivity contribution in [3.8, 4) is 0 Å². The third-order valence-electron chi connectivity index (χ3n) is 1.88. The highest BCUT2D eigenvalue weighted by molar-refractivity contribution is 7.98. The van der Waals surface area contributed by atoms with Crippen molar-refractivity contribution in [2.45, 2.75) is 40.5 Å². The molecule has 0 aromatic rings. The van der Waals surface area contributed by atoms with E-state index in [9.17, 15) is 0 Å². The van der Waals surface area contributed by atoms with E-state index < -0.39 is 0 Å². The minimum absolute atomic E-state index is 0. The van der Waals surface area contributed by atoms with Gasteiger partial charge in [-0.1, -0.05) is 27.7 Å². The lowest BCUT2D eigenvalue weighted by Gasteiger charge is -2.20. The van der Waals surface area contributed by atoms with E-state index in [0.29, 0.717) is 6.61 Å². The number of hydrogen-bond acceptors (Lipinski definition) is 5. The van der Waals surface area contributed by atoms with Gasteiger partial charge in [0.25, 0.3) is 0 Å². The summed E-state index contributed by atoms with van der Waals surface area (Å²) in [6.45, 7) is 7.20. The fraction of sp³-hybridized carbons (Fsp3) is 1.00. The van der Waals surface area contributed by atoms with E-state index in [0.717, 1.165) is 0 Å². The molecule has 0 saturated carbocycles. The third kappa shape index (κ3) is 63.5. The summed E-state index contributed by atoms with van der Waals surface area (Å²) in [5.74, 6) is 0. The summed E-state index contributed by atoms with van der Waals surface area (Å²) >= 11 is 3.50. The smallest absolute Gasteiger partial charge is 0.0693 e. The zero-order valence-electron chi connectivity index (χ0n) is 15.1. The van der Waals surface area contributed by atoms with Gasteiger partial charge in [-0.05, 0) is 58.0 Å². The number of methoxy groups -OCH3 is 1. The molecule has 136 valence electrons. The maximum absolute atomic E-state index is 7.94. The standard InChI is InChI=1S/C6H13N.C3H8O2.2C2H6S.C2H6.CH4/c1-7-5-3-2-4-6-7;1-5-3-2-4;2*1-3-2;1-2;/h2-6H2,1H3;4H,2-3H2,1H3;2*1-2H3;1-2H3;1H4. The van der Waals surface area contributed by atoms with Gasteiger partial charge in [0.05, 0.1) is 13.2 Å². The Morgan fingerprint density at radius 3 is 1.38 bits per heavy atom. The van der Waals surface area contributed by atoms with Crippen molar-refractivity contribution in [2.24, 2.45) is 0 Å². The van der Waals surface area contributed by atoms with Crippen molar-refractivity contribution in [2.75, 3.05) is 65.5 Å². The number of thioether (sulfide) groups is 2. The van der Waals surface area contributed by atoms with Crippen LogP contribution in [0.2, 0.25) is 0 Å². The van der Waals surface area contributed by atoms with Crippen LogP contribution >= 0.6 is 23.5 Å². The van der Waals surface area contributed by atoms with Gasteiger partial charge in [0, 0.05) is 7.11 Å². The van der Waals surface area contributed by atoms with Crippen molar-refractivity contribution >= 4 is 23.5 Å². The van der Waals surface area contributed by atoms with Crippen LogP contribution in [0.5, 0.6) is 0 Å². The Morgan fingerprint density at radius 1 is 0.952 bits per heavy atom. The van der Waals surface area contributed by atoms with Crippen molar-refractivity contribution in [1.82, 2.24) is 4.90 Å². The highest BCUT2D eigenvalue weighted by Crippen LogP contribution is 2.04. The summed E-state index contributed by atoms with van der Waals surface area (Å²) in [5, 5.41) is 7.94. The lowest BCUT2D eigenvalue weighted by molar-refractivity contribution is 0.135. The molecule has 1 aliphatic rings. The molecule has 1 fully saturated rings. The Labute approximate surface area is 144 Å². The van der Waals surface area contributed by atoms with Crippen LogP contribution in [-0.2, 0) is 4.74 Å². The van der Waals surface area contributed by atoms with Crippen LogP contribution in [0.3, 0.4) is 0 Å². The predicted octanol–water partition coefficient (Wildman–Crippen LogP) is 4.35. The zero-order chi connectivity index (χ0) is 16.6. The summed E-state index contributed by atoms with van der Waals surface area (Å²) < 4.78 is 4.44. The maximum Gasteiger partial charge on any atom is 0.0693 e. The first-order valence-corrected chi connectivity index (χ1v) is 10.5. The number of nitrogens with zero attached hydrogens (tertiary/aromatic N) is 1. The molecule has 0 radical (unpaired) electrons. The molecular weight excluding hydrogens is 302 g/mol. The predicted molar refractivity (Wildman–Crippen MR) is 107 cm³/mol. The van der Waals surface area contributed by atoms with Gasteiger partial charge in [-0.15, -0.1) is 0 Å². The first kappa shape index (κ1) is 33.2. The Bertz CT molecular complexity index is 110. The van der Waals surface area contributed by atoms with Crippen molar-refractivity contribution in [3.63, 3.8) is 0 Å². The first-order chi connectivity index (χ1) is 9.64. The normalized spacial score (nSPS) is 12.4. The van der Waals surface area contributed by atoms with Crippen molar-refractivity contribution < 1.29 is 9.84 Å². The quantitative estimate of drug-likeness (QED) is 0.804. The Hall–Kier alpha value is 0.580. The number of likely N-dealkylation sites (tertiary alicyclic amines) is 1. The number of rotatable bonds is 2. The summed E-state index contributed by atoms with van der Waals surface area (Å²) in [6.07, 6.45) is 12.4. The fourth-order valence-electron chi connectivity index (χ4n) is 1.14. The SMILES string of the molecule is C.CC.CN1CCCCC1.COCCO.CSC.CSC. The number of piperidine rings is 1. The molecule has 0 bridgehead atoms. The minimum atomic E-state index is 0. The van der Waals surface area contributed by atoms with Gasteiger partial charge >= 0.3 is 0 Å². The van der Waals surface area contributed by atoms with Gasteiger partial charge in [0.2, 0.25) is 0 Å². The van der Waals surface area contributed by atoms with Gasteiger partial charge in [-0.25, -0.2) is 0 Å². The van der Waals surface area contributed by atoms with Crippen LogP contribution in [0.25, 0.3) is 0 Å². The van der Waals surface area contributed by atoms with E-state index in [1.54, 1.807) is 30.6 Å². The second-order valence-electron chi connectivity index (χ2n) is 3.90. The number of hydrogen-bond donors (Lipinski definition) is 1. The van der Waals surface area contributed by atoms with Gasteiger partial charge < -0.3 is 14.7 Å². The Morgan fingerprint density at radius 2 is 1.29 bits per heavy atom. The van der Waals surface area contributed by atoms with Crippen molar-refractivity contribution in [1.29, 1.82) is 0 Å². The van der Waals surface area contributed by atoms with Crippen LogP contribution < -0.4 is 0 Å². The van der Waals surface area contributed by atoms with Gasteiger partial charge in [0.1, 0.15) is 0 Å². The molecule has 21 heavy (non-hydrogen) atoms. The molecule has 0 spiro atoms. The topological polar surface area (TPSA) is 32.7 Å². The first-order valence-electron chi connectivity index (χ1n) is 7.23. The van der Waals surface area contributed by atoms with E-state index in [1.807, 2.05) is 38.9 Å². The summed E-state index contributed by atoms with van der Waals surface area (Å²) in [7, 11) is 3.75. The largest absolute Gasteiger partial charge is 0.394 e. The van der Waals surface area contributed by atoms with E-state index in [1.165, 1.54) is 32.4 Å². The molecule has 1 heterocycles. The monoisotopic (exact) mass is 345 g/mol. The Kier molecular flexibility index (Phi) is 67.7. The molecule has 0 amide bonds. The molecule has 1 rings (SSSR count). The molecule has 3 nitrogen and oxygen atoms in total. The zero-order valence-corrected chi connectivity index (χ0v) is 16.7. The van der Waals surface area contributed by atoms with Gasteiger partial charge in [-0.3, -0.25) is 0 Å². The highest BCUT2D eigenvalue weighted by atomic mass is 32.2. The summed E-state index contributed by atoms with van der Waals surface area (Å²) in [5.41, 5.74) is 0. The minimum Gasteiger partial charge on any atom is -0.394 e. The number of aliphatic hydroxyl groups excluding tert-OH is 1. The number of ether oxygens (including phenoxy) is 1. The molecular formula is C16H43NO2S2. The molecule has 5 heteroatoms. The molecule has 1 saturated heterocycles. The fourth-order valence-corrected chi connectivity index (χ4v) is 1.14. The Balaban J connectivity index is -0.0000000547. The molecule has 0 aliphatic carbocycles. The van der Waals surface area contributed by atoms with Crippen LogP contribution in [0.4, 0.5) is 0 Å². The molecule has 0 unspecified atom stereocenters. The summed E-state index contributed by atoms with van der Waals surface area (Å²) in [6, 6.07) is 0. The maximum atomic E-state index is 7.94.